The van der Waals surface area contributed by atoms with E-state index in [2.05, 4.69) is 5.32 Å². The van der Waals surface area contributed by atoms with Crippen molar-refractivity contribution in [2.45, 2.75) is 38.7 Å². The smallest absolute Gasteiger partial charge is 0.339 e. The van der Waals surface area contributed by atoms with Gasteiger partial charge in [0.2, 0.25) is 0 Å². The Kier molecular flexibility index (Phi) is 4.45. The van der Waals surface area contributed by atoms with Crippen LogP contribution in [0.15, 0.2) is 47.0 Å². The SMILES string of the molecule is COC(=O)C1=C(N)Nc2ccccc2C12C(=O)OC(C)=C2C(=O)OC(C)(C)C. The largest absolute Gasteiger partial charge is 0.466 e. The number of hydrogen-bond acceptors (Lipinski definition) is 8. The Morgan fingerprint density at radius 2 is 1.79 bits per heavy atom. The lowest BCUT2D eigenvalue weighted by molar-refractivity contribution is -0.152. The van der Waals surface area contributed by atoms with Crippen molar-refractivity contribution < 1.29 is 28.6 Å². The number of carbonyl (C=O) groups is 3. The summed E-state index contributed by atoms with van der Waals surface area (Å²) in [6.07, 6.45) is 0. The highest BCUT2D eigenvalue weighted by Crippen LogP contribution is 2.52. The van der Waals surface area contributed by atoms with Crippen LogP contribution in [0.5, 0.6) is 0 Å². The number of fused-ring (bicyclic) bond motifs is 2. The lowest BCUT2D eigenvalue weighted by Gasteiger charge is -2.36. The van der Waals surface area contributed by atoms with Crippen LogP contribution in [-0.4, -0.2) is 30.6 Å². The number of nitrogens with two attached hydrogens (primary N) is 1. The van der Waals surface area contributed by atoms with Gasteiger partial charge in [-0.25, -0.2) is 14.4 Å². The molecule has 1 aromatic rings. The Labute approximate surface area is 162 Å². The third kappa shape index (κ3) is 2.72. The molecule has 3 rings (SSSR count). The van der Waals surface area contributed by atoms with E-state index < -0.39 is 28.9 Å². The van der Waals surface area contributed by atoms with Crippen LogP contribution in [0.2, 0.25) is 0 Å². The van der Waals surface area contributed by atoms with E-state index in [1.54, 1.807) is 45.0 Å². The zero-order valence-electron chi connectivity index (χ0n) is 16.3. The minimum absolute atomic E-state index is 0.0464. The molecule has 0 radical (unpaired) electrons. The van der Waals surface area contributed by atoms with Gasteiger partial charge in [-0.1, -0.05) is 18.2 Å². The van der Waals surface area contributed by atoms with E-state index in [4.69, 9.17) is 19.9 Å². The van der Waals surface area contributed by atoms with E-state index in [0.717, 1.165) is 0 Å². The molecular weight excluding hydrogens is 364 g/mol. The first-order valence-electron chi connectivity index (χ1n) is 8.66. The molecule has 1 spiro atoms. The Hall–Kier alpha value is -3.29. The molecule has 2 heterocycles. The fourth-order valence-corrected chi connectivity index (χ4v) is 3.56. The second kappa shape index (κ2) is 6.40. The Balaban J connectivity index is 2.37. The third-order valence-electron chi connectivity index (χ3n) is 4.52. The molecule has 2 aliphatic rings. The molecule has 1 unspecified atom stereocenters. The fraction of sp³-hybridized carbons (Fsp3) is 0.350. The summed E-state index contributed by atoms with van der Waals surface area (Å²) in [5, 5.41) is 2.89. The average molecular weight is 386 g/mol. The molecule has 8 nitrogen and oxygen atoms in total. The van der Waals surface area contributed by atoms with Crippen molar-refractivity contribution in [3.63, 3.8) is 0 Å². The molecule has 0 amide bonds. The summed E-state index contributed by atoms with van der Waals surface area (Å²) in [6.45, 7) is 6.58. The number of methoxy groups -OCH3 is 1. The number of ether oxygens (including phenoxy) is 3. The molecule has 1 aromatic carbocycles. The van der Waals surface area contributed by atoms with Gasteiger partial charge in [0.05, 0.1) is 7.11 Å². The van der Waals surface area contributed by atoms with Gasteiger partial charge in [0.1, 0.15) is 28.3 Å². The van der Waals surface area contributed by atoms with E-state index in [0.29, 0.717) is 11.3 Å². The standard InChI is InChI=1S/C20H22N2O6/c1-10-13(17(24)28-19(2,3)4)20(18(25)27-10)11-8-6-7-9-12(11)22-15(21)14(20)16(23)26-5/h6-9,22H,21H2,1-5H3. The highest BCUT2D eigenvalue weighted by molar-refractivity contribution is 6.15. The van der Waals surface area contributed by atoms with Gasteiger partial charge in [0.15, 0.2) is 5.41 Å². The summed E-state index contributed by atoms with van der Waals surface area (Å²) in [6, 6.07) is 6.74. The maximum Gasteiger partial charge on any atom is 0.339 e. The van der Waals surface area contributed by atoms with Crippen LogP contribution < -0.4 is 11.1 Å². The number of benzene rings is 1. The van der Waals surface area contributed by atoms with Gasteiger partial charge in [-0.2, -0.15) is 0 Å². The first-order valence-corrected chi connectivity index (χ1v) is 8.66. The number of nitrogens with one attached hydrogen (secondary N) is 1. The second-order valence-corrected chi connectivity index (χ2v) is 7.52. The van der Waals surface area contributed by atoms with Crippen LogP contribution in [0.25, 0.3) is 0 Å². The monoisotopic (exact) mass is 386 g/mol. The lowest BCUT2D eigenvalue weighted by Crippen LogP contribution is -2.48. The molecule has 8 heteroatoms. The molecule has 3 N–H and O–H groups in total. The minimum Gasteiger partial charge on any atom is -0.466 e. The normalized spacial score (nSPS) is 21.2. The zero-order chi connectivity index (χ0) is 20.9. The first kappa shape index (κ1) is 19.5. The molecule has 148 valence electrons. The van der Waals surface area contributed by atoms with Crippen LogP contribution in [0.4, 0.5) is 5.69 Å². The molecule has 0 fully saturated rings. The molecule has 0 bridgehead atoms. The summed E-state index contributed by atoms with van der Waals surface area (Å²) in [7, 11) is 1.17. The predicted octanol–water partition coefficient (Wildman–Crippen LogP) is 1.87. The van der Waals surface area contributed by atoms with E-state index >= 15 is 0 Å². The Morgan fingerprint density at radius 1 is 1.14 bits per heavy atom. The van der Waals surface area contributed by atoms with Crippen molar-refractivity contribution in [1.82, 2.24) is 0 Å². The molecule has 2 aliphatic heterocycles. The fourth-order valence-electron chi connectivity index (χ4n) is 3.56. The van der Waals surface area contributed by atoms with Gasteiger partial charge in [-0.3, -0.25) is 0 Å². The molecular formula is C20H22N2O6. The van der Waals surface area contributed by atoms with Crippen molar-refractivity contribution in [3.8, 4) is 0 Å². The maximum absolute atomic E-state index is 13.2. The molecule has 28 heavy (non-hydrogen) atoms. The first-order chi connectivity index (χ1) is 13.0. The number of carbonyl (C=O) groups excluding carboxylic acids is 3. The molecule has 0 saturated heterocycles. The molecule has 0 aliphatic carbocycles. The summed E-state index contributed by atoms with van der Waals surface area (Å²) in [5.74, 6) is -2.50. The quantitative estimate of drug-likeness (QED) is 0.584. The van der Waals surface area contributed by atoms with Gasteiger partial charge >= 0.3 is 17.9 Å². The van der Waals surface area contributed by atoms with Crippen molar-refractivity contribution >= 4 is 23.6 Å². The minimum atomic E-state index is -1.88. The number of allylic oxidation sites excluding steroid dienone is 1. The lowest BCUT2D eigenvalue weighted by atomic mass is 9.67. The molecule has 0 saturated carbocycles. The van der Waals surface area contributed by atoms with Crippen molar-refractivity contribution in [3.05, 3.63) is 52.6 Å². The van der Waals surface area contributed by atoms with Crippen molar-refractivity contribution in [2.75, 3.05) is 12.4 Å². The molecule has 0 aromatic heterocycles. The Bertz CT molecular complexity index is 954. The van der Waals surface area contributed by atoms with E-state index in [1.165, 1.54) is 14.0 Å². The second-order valence-electron chi connectivity index (χ2n) is 7.52. The summed E-state index contributed by atoms with van der Waals surface area (Å²) >= 11 is 0. The van der Waals surface area contributed by atoms with Crippen LogP contribution in [0.3, 0.4) is 0 Å². The third-order valence-corrected chi connectivity index (χ3v) is 4.52. The summed E-state index contributed by atoms with van der Waals surface area (Å²) in [4.78, 5) is 39.0. The predicted molar refractivity (Wildman–Crippen MR) is 99.6 cm³/mol. The van der Waals surface area contributed by atoms with Gasteiger partial charge in [-0.15, -0.1) is 0 Å². The maximum atomic E-state index is 13.2. The van der Waals surface area contributed by atoms with Crippen LogP contribution in [0.1, 0.15) is 33.3 Å². The number of cyclic esters (lactones) is 1. The van der Waals surface area contributed by atoms with Gasteiger partial charge in [-0.05, 0) is 33.8 Å². The van der Waals surface area contributed by atoms with Crippen LogP contribution >= 0.6 is 0 Å². The summed E-state index contributed by atoms with van der Waals surface area (Å²) < 4.78 is 15.7. The summed E-state index contributed by atoms with van der Waals surface area (Å²) in [5.41, 5.74) is 3.92. The number of anilines is 1. The highest BCUT2D eigenvalue weighted by atomic mass is 16.6. The number of hydrogen-bond donors (Lipinski definition) is 2. The van der Waals surface area contributed by atoms with Gasteiger partial charge < -0.3 is 25.3 Å². The van der Waals surface area contributed by atoms with Crippen molar-refractivity contribution in [1.29, 1.82) is 0 Å². The molecule has 1 atom stereocenters. The highest BCUT2D eigenvalue weighted by Gasteiger charge is 2.62. The van der Waals surface area contributed by atoms with E-state index in [1.807, 2.05) is 0 Å². The topological polar surface area (TPSA) is 117 Å². The number of para-hydroxylation sites is 1. The number of rotatable bonds is 2. The van der Waals surface area contributed by atoms with Gasteiger partial charge in [0, 0.05) is 11.3 Å². The number of esters is 3. The zero-order valence-corrected chi connectivity index (χ0v) is 16.3. The van der Waals surface area contributed by atoms with Crippen LogP contribution in [0, 0.1) is 0 Å². The van der Waals surface area contributed by atoms with Gasteiger partial charge in [0.25, 0.3) is 0 Å². The van der Waals surface area contributed by atoms with E-state index in [9.17, 15) is 14.4 Å². The van der Waals surface area contributed by atoms with Crippen LogP contribution in [-0.2, 0) is 34.0 Å². The van der Waals surface area contributed by atoms with Crippen molar-refractivity contribution in [2.24, 2.45) is 5.73 Å². The van der Waals surface area contributed by atoms with E-state index in [-0.39, 0.29) is 22.7 Å². The Morgan fingerprint density at radius 3 is 2.39 bits per heavy atom. The average Bonchev–Trinajstić information content (AvgIpc) is 2.84.